The van der Waals surface area contributed by atoms with Gasteiger partial charge in [0.25, 0.3) is 0 Å². The molecule has 1 rings (SSSR count). The van der Waals surface area contributed by atoms with Gasteiger partial charge in [-0.2, -0.15) is 0 Å². The summed E-state index contributed by atoms with van der Waals surface area (Å²) < 4.78 is 5.37. The second kappa shape index (κ2) is 4.23. The van der Waals surface area contributed by atoms with Crippen LogP contribution in [0.5, 0.6) is 5.75 Å². The molecule has 0 unspecified atom stereocenters. The fourth-order valence-electron chi connectivity index (χ4n) is 1.72. The molecule has 2 N–H and O–H groups in total. The standard InChI is InChI=1S/C13H21NO/c1-9-6-7-12(15-5)11(10(9)2)8-13(3,4)14/h6-7H,8,14H2,1-5H3. The van der Waals surface area contributed by atoms with E-state index in [0.29, 0.717) is 0 Å². The first-order valence-corrected chi connectivity index (χ1v) is 5.27. The van der Waals surface area contributed by atoms with Crippen LogP contribution in [0.25, 0.3) is 0 Å². The average molecular weight is 207 g/mol. The van der Waals surface area contributed by atoms with Crippen LogP contribution in [0.3, 0.4) is 0 Å². The van der Waals surface area contributed by atoms with Crippen molar-refractivity contribution in [1.82, 2.24) is 0 Å². The Labute approximate surface area is 92.4 Å². The molecule has 0 aliphatic rings. The Hall–Kier alpha value is -1.02. The Kier molecular flexibility index (Phi) is 3.40. The zero-order chi connectivity index (χ0) is 11.6. The minimum atomic E-state index is -0.203. The highest BCUT2D eigenvalue weighted by atomic mass is 16.5. The number of rotatable bonds is 3. The van der Waals surface area contributed by atoms with E-state index in [0.717, 1.165) is 12.2 Å². The van der Waals surface area contributed by atoms with Gasteiger partial charge in [0.1, 0.15) is 5.75 Å². The van der Waals surface area contributed by atoms with Crippen LogP contribution >= 0.6 is 0 Å². The van der Waals surface area contributed by atoms with Gasteiger partial charge in [-0.1, -0.05) is 6.07 Å². The van der Waals surface area contributed by atoms with Crippen molar-refractivity contribution in [3.63, 3.8) is 0 Å². The molecular formula is C13H21NO. The topological polar surface area (TPSA) is 35.2 Å². The molecule has 0 aromatic heterocycles. The monoisotopic (exact) mass is 207 g/mol. The van der Waals surface area contributed by atoms with Crippen molar-refractivity contribution < 1.29 is 4.74 Å². The van der Waals surface area contributed by atoms with Crippen molar-refractivity contribution in [2.45, 2.75) is 39.7 Å². The van der Waals surface area contributed by atoms with E-state index in [4.69, 9.17) is 10.5 Å². The SMILES string of the molecule is COc1ccc(C)c(C)c1CC(C)(C)N. The maximum Gasteiger partial charge on any atom is 0.122 e. The number of benzene rings is 1. The molecule has 0 spiro atoms. The summed E-state index contributed by atoms with van der Waals surface area (Å²) in [4.78, 5) is 0. The van der Waals surface area contributed by atoms with Crippen LogP contribution in [0.1, 0.15) is 30.5 Å². The molecule has 0 saturated heterocycles. The van der Waals surface area contributed by atoms with Crippen LogP contribution in [0.4, 0.5) is 0 Å². The van der Waals surface area contributed by atoms with E-state index in [1.807, 2.05) is 19.9 Å². The first-order chi connectivity index (χ1) is 6.85. The van der Waals surface area contributed by atoms with Gasteiger partial charge in [0.15, 0.2) is 0 Å². The highest BCUT2D eigenvalue weighted by Crippen LogP contribution is 2.27. The third kappa shape index (κ3) is 2.96. The van der Waals surface area contributed by atoms with Gasteiger partial charge in [0, 0.05) is 5.54 Å². The molecule has 0 aliphatic carbocycles. The second-order valence-corrected chi connectivity index (χ2v) is 4.85. The normalized spacial score (nSPS) is 11.6. The minimum absolute atomic E-state index is 0.203. The molecular weight excluding hydrogens is 186 g/mol. The lowest BCUT2D eigenvalue weighted by Gasteiger charge is -2.22. The third-order valence-electron chi connectivity index (χ3n) is 2.68. The molecule has 0 fully saturated rings. The van der Waals surface area contributed by atoms with Gasteiger partial charge >= 0.3 is 0 Å². The lowest BCUT2D eigenvalue weighted by molar-refractivity contribution is 0.401. The number of methoxy groups -OCH3 is 1. The Morgan fingerprint density at radius 1 is 1.27 bits per heavy atom. The van der Waals surface area contributed by atoms with Crippen LogP contribution in [-0.4, -0.2) is 12.6 Å². The van der Waals surface area contributed by atoms with Gasteiger partial charge < -0.3 is 10.5 Å². The summed E-state index contributed by atoms with van der Waals surface area (Å²) in [7, 11) is 1.71. The molecule has 0 heterocycles. The summed E-state index contributed by atoms with van der Waals surface area (Å²) in [5, 5.41) is 0. The first kappa shape index (κ1) is 12.1. The van der Waals surface area contributed by atoms with E-state index >= 15 is 0 Å². The fraction of sp³-hybridized carbons (Fsp3) is 0.538. The van der Waals surface area contributed by atoms with Crippen molar-refractivity contribution in [3.8, 4) is 5.75 Å². The molecule has 1 aromatic rings. The second-order valence-electron chi connectivity index (χ2n) is 4.85. The molecule has 0 aliphatic heterocycles. The highest BCUT2D eigenvalue weighted by molar-refractivity contribution is 5.44. The lowest BCUT2D eigenvalue weighted by atomic mass is 9.91. The molecule has 0 atom stereocenters. The Morgan fingerprint density at radius 2 is 1.87 bits per heavy atom. The summed E-state index contributed by atoms with van der Waals surface area (Å²) in [5.41, 5.74) is 9.65. The van der Waals surface area contributed by atoms with Gasteiger partial charge in [0.2, 0.25) is 0 Å². The molecule has 0 bridgehead atoms. The maximum absolute atomic E-state index is 6.05. The first-order valence-electron chi connectivity index (χ1n) is 5.27. The zero-order valence-corrected chi connectivity index (χ0v) is 10.3. The van der Waals surface area contributed by atoms with E-state index in [9.17, 15) is 0 Å². The summed E-state index contributed by atoms with van der Waals surface area (Å²) in [6.45, 7) is 8.31. The van der Waals surface area contributed by atoms with Crippen molar-refractivity contribution in [1.29, 1.82) is 0 Å². The molecule has 1 aromatic carbocycles. The van der Waals surface area contributed by atoms with Crippen molar-refractivity contribution in [2.75, 3.05) is 7.11 Å². The summed E-state index contributed by atoms with van der Waals surface area (Å²) in [6, 6.07) is 4.10. The molecule has 0 saturated carbocycles. The van der Waals surface area contributed by atoms with Crippen LogP contribution in [-0.2, 0) is 6.42 Å². The average Bonchev–Trinajstić information content (AvgIpc) is 2.11. The van der Waals surface area contributed by atoms with Crippen LogP contribution < -0.4 is 10.5 Å². The van der Waals surface area contributed by atoms with Crippen molar-refractivity contribution in [2.24, 2.45) is 5.73 Å². The predicted molar refractivity (Wildman–Crippen MR) is 64.4 cm³/mol. The Morgan fingerprint density at radius 3 is 2.33 bits per heavy atom. The van der Waals surface area contributed by atoms with E-state index in [2.05, 4.69) is 19.9 Å². The Balaban J connectivity index is 3.18. The summed E-state index contributed by atoms with van der Waals surface area (Å²) in [6.07, 6.45) is 0.837. The van der Waals surface area contributed by atoms with E-state index in [1.165, 1.54) is 16.7 Å². The van der Waals surface area contributed by atoms with E-state index in [-0.39, 0.29) is 5.54 Å². The van der Waals surface area contributed by atoms with Crippen LogP contribution in [0, 0.1) is 13.8 Å². The van der Waals surface area contributed by atoms with Gasteiger partial charge in [-0.05, 0) is 56.9 Å². The zero-order valence-electron chi connectivity index (χ0n) is 10.3. The Bertz CT molecular complexity index is 350. The lowest BCUT2D eigenvalue weighted by Crippen LogP contribution is -2.34. The number of hydrogen-bond donors (Lipinski definition) is 1. The van der Waals surface area contributed by atoms with Gasteiger partial charge in [0.05, 0.1) is 7.11 Å². The van der Waals surface area contributed by atoms with Crippen molar-refractivity contribution >= 4 is 0 Å². The largest absolute Gasteiger partial charge is 0.496 e. The number of hydrogen-bond acceptors (Lipinski definition) is 2. The fourth-order valence-corrected chi connectivity index (χ4v) is 1.72. The summed E-state index contributed by atoms with van der Waals surface area (Å²) in [5.74, 6) is 0.941. The van der Waals surface area contributed by atoms with E-state index in [1.54, 1.807) is 7.11 Å². The number of aryl methyl sites for hydroxylation is 1. The van der Waals surface area contributed by atoms with Crippen molar-refractivity contribution in [3.05, 3.63) is 28.8 Å². The molecule has 84 valence electrons. The molecule has 2 nitrogen and oxygen atoms in total. The maximum atomic E-state index is 6.05. The van der Waals surface area contributed by atoms with Gasteiger partial charge in [-0.25, -0.2) is 0 Å². The molecule has 0 radical (unpaired) electrons. The smallest absolute Gasteiger partial charge is 0.122 e. The highest BCUT2D eigenvalue weighted by Gasteiger charge is 2.17. The quantitative estimate of drug-likeness (QED) is 0.827. The van der Waals surface area contributed by atoms with Gasteiger partial charge in [-0.3, -0.25) is 0 Å². The summed E-state index contributed by atoms with van der Waals surface area (Å²) >= 11 is 0. The number of nitrogens with two attached hydrogens (primary N) is 1. The third-order valence-corrected chi connectivity index (χ3v) is 2.68. The van der Waals surface area contributed by atoms with Crippen LogP contribution in [0.2, 0.25) is 0 Å². The number of ether oxygens (including phenoxy) is 1. The van der Waals surface area contributed by atoms with Crippen LogP contribution in [0.15, 0.2) is 12.1 Å². The molecule has 15 heavy (non-hydrogen) atoms. The van der Waals surface area contributed by atoms with E-state index < -0.39 is 0 Å². The molecule has 0 amide bonds. The molecule has 2 heteroatoms. The minimum Gasteiger partial charge on any atom is -0.496 e. The van der Waals surface area contributed by atoms with Gasteiger partial charge in [-0.15, -0.1) is 0 Å². The predicted octanol–water partition coefficient (Wildman–Crippen LogP) is 2.59.